The Morgan fingerprint density at radius 3 is 3.00 bits per heavy atom. The van der Waals surface area contributed by atoms with Crippen molar-refractivity contribution >= 4 is 17.5 Å². The second-order valence-corrected chi connectivity index (χ2v) is 5.21. The van der Waals surface area contributed by atoms with Crippen molar-refractivity contribution in [2.45, 2.75) is 25.3 Å². The van der Waals surface area contributed by atoms with Crippen molar-refractivity contribution in [2.75, 3.05) is 6.54 Å². The third-order valence-electron chi connectivity index (χ3n) is 3.61. The van der Waals surface area contributed by atoms with Crippen LogP contribution in [-0.4, -0.2) is 42.3 Å². The summed E-state index contributed by atoms with van der Waals surface area (Å²) in [4.78, 5) is 18.6. The summed E-state index contributed by atoms with van der Waals surface area (Å²) in [6, 6.07) is -0.0741. The van der Waals surface area contributed by atoms with Gasteiger partial charge in [-0.05, 0) is 19.3 Å². The number of hydrogen-bond acceptors (Lipinski definition) is 4. The zero-order valence-electron chi connectivity index (χ0n) is 11.1. The Balaban J connectivity index is 1.90. The highest BCUT2D eigenvalue weighted by molar-refractivity contribution is 6.32. The number of nitrogens with zero attached hydrogens (tertiary/aromatic N) is 5. The van der Waals surface area contributed by atoms with Crippen molar-refractivity contribution in [3.63, 3.8) is 0 Å². The molecule has 1 aliphatic rings. The molecule has 2 aromatic rings. The van der Waals surface area contributed by atoms with E-state index in [1.54, 1.807) is 11.9 Å². The van der Waals surface area contributed by atoms with Gasteiger partial charge in [0.2, 0.25) is 0 Å². The van der Waals surface area contributed by atoms with Gasteiger partial charge >= 0.3 is 0 Å². The largest absolute Gasteiger partial charge is 0.328 e. The predicted molar refractivity (Wildman–Crippen MR) is 72.2 cm³/mol. The van der Waals surface area contributed by atoms with E-state index < -0.39 is 0 Å². The number of H-pyrrole nitrogens is 1. The van der Waals surface area contributed by atoms with Crippen LogP contribution in [0.5, 0.6) is 0 Å². The summed E-state index contributed by atoms with van der Waals surface area (Å²) in [6.07, 6.45) is 5.89. The molecule has 0 radical (unpaired) electrons. The SMILES string of the molecule is Cn1ncc(C(=O)N2CCCCC2c2ncn[nH]2)c1Cl. The Morgan fingerprint density at radius 2 is 2.35 bits per heavy atom. The Morgan fingerprint density at radius 1 is 1.50 bits per heavy atom. The zero-order valence-corrected chi connectivity index (χ0v) is 11.8. The molecule has 8 heteroatoms. The first kappa shape index (κ1) is 13.1. The highest BCUT2D eigenvalue weighted by Crippen LogP contribution is 2.31. The molecule has 2 aromatic heterocycles. The molecule has 1 saturated heterocycles. The number of carbonyl (C=O) groups excluding carboxylic acids is 1. The van der Waals surface area contributed by atoms with Gasteiger partial charge in [0.05, 0.1) is 17.8 Å². The third-order valence-corrected chi connectivity index (χ3v) is 4.06. The lowest BCUT2D eigenvalue weighted by Crippen LogP contribution is -2.39. The van der Waals surface area contributed by atoms with E-state index >= 15 is 0 Å². The van der Waals surface area contributed by atoms with Crippen molar-refractivity contribution in [3.05, 3.63) is 29.1 Å². The molecule has 1 amide bonds. The lowest BCUT2D eigenvalue weighted by molar-refractivity contribution is 0.0600. The molecule has 7 nitrogen and oxygen atoms in total. The van der Waals surface area contributed by atoms with Gasteiger partial charge in [-0.25, -0.2) is 4.98 Å². The lowest BCUT2D eigenvalue weighted by Gasteiger charge is -2.34. The number of aromatic nitrogens is 5. The minimum atomic E-state index is -0.107. The van der Waals surface area contributed by atoms with Crippen LogP contribution in [0, 0.1) is 0 Å². The van der Waals surface area contributed by atoms with Gasteiger partial charge in [-0.2, -0.15) is 10.2 Å². The Hall–Kier alpha value is -1.89. The van der Waals surface area contributed by atoms with Crippen molar-refractivity contribution in [2.24, 2.45) is 7.05 Å². The number of amides is 1. The molecule has 20 heavy (non-hydrogen) atoms. The number of nitrogens with one attached hydrogen (secondary N) is 1. The molecule has 1 fully saturated rings. The van der Waals surface area contributed by atoms with Crippen molar-refractivity contribution in [1.29, 1.82) is 0 Å². The van der Waals surface area contributed by atoms with E-state index in [9.17, 15) is 4.79 Å². The number of carbonyl (C=O) groups is 1. The Bertz CT molecular complexity index is 608. The number of halogens is 1. The number of hydrogen-bond donors (Lipinski definition) is 1. The second-order valence-electron chi connectivity index (χ2n) is 4.85. The van der Waals surface area contributed by atoms with Gasteiger partial charge < -0.3 is 4.90 Å². The fourth-order valence-corrected chi connectivity index (χ4v) is 2.73. The molecule has 1 atom stereocenters. The molecular weight excluding hydrogens is 280 g/mol. The minimum Gasteiger partial charge on any atom is -0.328 e. The molecule has 1 N–H and O–H groups in total. The van der Waals surface area contributed by atoms with Crippen LogP contribution in [0.25, 0.3) is 0 Å². The summed E-state index contributed by atoms with van der Waals surface area (Å²) in [5, 5.41) is 11.1. The van der Waals surface area contributed by atoms with E-state index in [2.05, 4.69) is 20.3 Å². The molecule has 0 bridgehead atoms. The van der Waals surface area contributed by atoms with Crippen LogP contribution in [-0.2, 0) is 7.05 Å². The zero-order chi connectivity index (χ0) is 14.1. The normalized spacial score (nSPS) is 19.3. The van der Waals surface area contributed by atoms with E-state index in [0.717, 1.165) is 25.1 Å². The number of likely N-dealkylation sites (tertiary alicyclic amines) is 1. The van der Waals surface area contributed by atoms with Gasteiger partial charge in [0.15, 0.2) is 0 Å². The van der Waals surface area contributed by atoms with Crippen molar-refractivity contribution in [1.82, 2.24) is 29.9 Å². The quantitative estimate of drug-likeness (QED) is 0.911. The first-order valence-corrected chi connectivity index (χ1v) is 6.90. The summed E-state index contributed by atoms with van der Waals surface area (Å²) in [5.41, 5.74) is 0.431. The first-order valence-electron chi connectivity index (χ1n) is 6.52. The van der Waals surface area contributed by atoms with E-state index in [-0.39, 0.29) is 11.9 Å². The third kappa shape index (κ3) is 2.18. The van der Waals surface area contributed by atoms with Crippen LogP contribution in [0.15, 0.2) is 12.5 Å². The second kappa shape index (κ2) is 5.24. The smallest absolute Gasteiger partial charge is 0.259 e. The topological polar surface area (TPSA) is 79.7 Å². The van der Waals surface area contributed by atoms with Crippen LogP contribution in [0.3, 0.4) is 0 Å². The maximum absolute atomic E-state index is 12.7. The van der Waals surface area contributed by atoms with E-state index in [1.165, 1.54) is 17.2 Å². The van der Waals surface area contributed by atoms with Gasteiger partial charge in [-0.1, -0.05) is 11.6 Å². The summed E-state index contributed by atoms with van der Waals surface area (Å²) in [5.74, 6) is 0.613. The van der Waals surface area contributed by atoms with Crippen molar-refractivity contribution in [3.8, 4) is 0 Å². The van der Waals surface area contributed by atoms with E-state index in [0.29, 0.717) is 17.3 Å². The molecule has 0 spiro atoms. The Kier molecular flexibility index (Phi) is 3.43. The highest BCUT2D eigenvalue weighted by atomic mass is 35.5. The fourth-order valence-electron chi connectivity index (χ4n) is 2.56. The summed E-state index contributed by atoms with van der Waals surface area (Å²) < 4.78 is 1.49. The van der Waals surface area contributed by atoms with Crippen LogP contribution in [0.2, 0.25) is 5.15 Å². The average molecular weight is 295 g/mol. The molecule has 3 rings (SSSR count). The standard InChI is InChI=1S/C12H15ClN6O/c1-18-10(13)8(6-16-18)12(20)19-5-3-2-4-9(19)11-14-7-15-17-11/h6-7,9H,2-5H2,1H3,(H,14,15,17). The lowest BCUT2D eigenvalue weighted by atomic mass is 10.0. The summed E-state index contributed by atoms with van der Waals surface area (Å²) >= 11 is 6.11. The molecule has 106 valence electrons. The van der Waals surface area contributed by atoms with E-state index in [1.807, 2.05) is 0 Å². The van der Waals surface area contributed by atoms with E-state index in [4.69, 9.17) is 11.6 Å². The molecule has 0 aliphatic carbocycles. The minimum absolute atomic E-state index is 0.0741. The van der Waals surface area contributed by atoms with Gasteiger partial charge in [-0.15, -0.1) is 0 Å². The number of rotatable bonds is 2. The van der Waals surface area contributed by atoms with Crippen LogP contribution in [0.1, 0.15) is 41.5 Å². The van der Waals surface area contributed by atoms with Crippen LogP contribution in [0.4, 0.5) is 0 Å². The highest BCUT2D eigenvalue weighted by Gasteiger charge is 2.32. The van der Waals surface area contributed by atoms with Crippen LogP contribution < -0.4 is 0 Å². The Labute approximate surface area is 120 Å². The van der Waals surface area contributed by atoms with Gasteiger partial charge in [-0.3, -0.25) is 14.6 Å². The number of piperidine rings is 1. The summed E-state index contributed by atoms with van der Waals surface area (Å²) in [7, 11) is 1.71. The average Bonchev–Trinajstić information content (AvgIpc) is 3.10. The number of aryl methyl sites for hydroxylation is 1. The monoisotopic (exact) mass is 294 g/mol. The molecular formula is C12H15ClN6O. The van der Waals surface area contributed by atoms with Gasteiger partial charge in [0.1, 0.15) is 17.3 Å². The van der Waals surface area contributed by atoms with Gasteiger partial charge in [0.25, 0.3) is 5.91 Å². The van der Waals surface area contributed by atoms with Crippen molar-refractivity contribution < 1.29 is 4.79 Å². The number of aromatic amines is 1. The summed E-state index contributed by atoms with van der Waals surface area (Å²) in [6.45, 7) is 0.690. The molecule has 1 unspecified atom stereocenters. The molecule has 3 heterocycles. The fraction of sp³-hybridized carbons (Fsp3) is 0.500. The molecule has 0 aromatic carbocycles. The van der Waals surface area contributed by atoms with Gasteiger partial charge in [0, 0.05) is 13.6 Å². The molecule has 0 saturated carbocycles. The first-order chi connectivity index (χ1) is 9.68. The van der Waals surface area contributed by atoms with Crippen LogP contribution >= 0.6 is 11.6 Å². The predicted octanol–water partition coefficient (Wildman–Crippen LogP) is 1.56. The maximum atomic E-state index is 12.7. The maximum Gasteiger partial charge on any atom is 0.259 e. The molecule has 1 aliphatic heterocycles.